The van der Waals surface area contributed by atoms with Gasteiger partial charge in [0.25, 0.3) is 0 Å². The normalized spacial score (nSPS) is 25.2. The molecule has 3 atom stereocenters. The maximum absolute atomic E-state index is 13.0. The summed E-state index contributed by atoms with van der Waals surface area (Å²) in [6, 6.07) is 8.84. The molecule has 0 radical (unpaired) electrons. The number of ether oxygens (including phenoxy) is 1. The van der Waals surface area contributed by atoms with Crippen LogP contribution in [-0.2, 0) is 14.3 Å². The van der Waals surface area contributed by atoms with Crippen LogP contribution in [0.25, 0.3) is 0 Å². The Kier molecular flexibility index (Phi) is 8.12. The second-order valence-electron chi connectivity index (χ2n) is 8.59. The van der Waals surface area contributed by atoms with Crippen molar-refractivity contribution in [1.29, 1.82) is 0 Å². The number of thioether (sulfide) groups is 1. The van der Waals surface area contributed by atoms with Crippen LogP contribution in [-0.4, -0.2) is 34.9 Å². The monoisotopic (exact) mass is 431 g/mol. The van der Waals surface area contributed by atoms with Crippen molar-refractivity contribution in [2.45, 2.75) is 76.5 Å². The van der Waals surface area contributed by atoms with E-state index < -0.39 is 17.9 Å². The second-order valence-corrected chi connectivity index (χ2v) is 9.70. The zero-order chi connectivity index (χ0) is 21.6. The number of hydrogen-bond acceptors (Lipinski definition) is 6. The van der Waals surface area contributed by atoms with Crippen LogP contribution in [0.3, 0.4) is 0 Å². The molecule has 0 spiro atoms. The van der Waals surface area contributed by atoms with Gasteiger partial charge in [-0.1, -0.05) is 68.8 Å². The van der Waals surface area contributed by atoms with E-state index in [-0.39, 0.29) is 21.8 Å². The first-order chi connectivity index (χ1) is 14.5. The lowest BCUT2D eigenvalue weighted by atomic mass is 9.76. The van der Waals surface area contributed by atoms with Crippen LogP contribution < -0.4 is 5.32 Å². The van der Waals surface area contributed by atoms with Gasteiger partial charge in [0.1, 0.15) is 6.04 Å². The Balaban J connectivity index is 1.80. The number of carbonyl (C=O) groups excluding carboxylic acids is 3. The van der Waals surface area contributed by atoms with E-state index in [2.05, 4.69) is 19.2 Å². The molecule has 1 aromatic rings. The predicted molar refractivity (Wildman–Crippen MR) is 119 cm³/mol. The number of benzene rings is 1. The zero-order valence-electron chi connectivity index (χ0n) is 18.0. The molecular weight excluding hydrogens is 398 g/mol. The van der Waals surface area contributed by atoms with Crippen molar-refractivity contribution in [2.75, 3.05) is 6.54 Å². The molecule has 2 fully saturated rings. The molecule has 30 heavy (non-hydrogen) atoms. The fourth-order valence-corrected chi connectivity index (χ4v) is 6.67. The summed E-state index contributed by atoms with van der Waals surface area (Å²) in [5, 5.41) is 2.91. The SMILES string of the molecule is CCCC1(CCC)CCC(C(=O)OC(=O)[C@@H]2CCCN2)C1SC(=O)c1ccccc1. The van der Waals surface area contributed by atoms with Gasteiger partial charge < -0.3 is 10.1 Å². The van der Waals surface area contributed by atoms with E-state index in [4.69, 9.17) is 4.74 Å². The quantitative estimate of drug-likeness (QED) is 0.473. The molecule has 2 aliphatic rings. The number of carbonyl (C=O) groups is 3. The highest BCUT2D eigenvalue weighted by Crippen LogP contribution is 2.54. The molecule has 1 aromatic carbocycles. The fourth-order valence-electron chi connectivity index (χ4n) is 5.16. The van der Waals surface area contributed by atoms with Gasteiger partial charge >= 0.3 is 11.9 Å². The molecule has 1 N–H and O–H groups in total. The molecule has 0 amide bonds. The molecule has 1 heterocycles. The second kappa shape index (κ2) is 10.6. The lowest BCUT2D eigenvalue weighted by Crippen LogP contribution is -2.39. The third kappa shape index (κ3) is 5.14. The van der Waals surface area contributed by atoms with Gasteiger partial charge in [-0.25, -0.2) is 4.79 Å². The zero-order valence-corrected chi connectivity index (χ0v) is 18.8. The molecular formula is C24H33NO4S. The van der Waals surface area contributed by atoms with Crippen molar-refractivity contribution in [3.63, 3.8) is 0 Å². The molecule has 6 heteroatoms. The van der Waals surface area contributed by atoms with E-state index in [0.29, 0.717) is 18.4 Å². The first-order valence-corrected chi connectivity index (χ1v) is 12.1. The molecule has 1 aliphatic carbocycles. The van der Waals surface area contributed by atoms with E-state index in [9.17, 15) is 14.4 Å². The highest BCUT2D eigenvalue weighted by atomic mass is 32.2. The van der Waals surface area contributed by atoms with Crippen molar-refractivity contribution < 1.29 is 19.1 Å². The van der Waals surface area contributed by atoms with E-state index >= 15 is 0 Å². The number of rotatable bonds is 8. The minimum absolute atomic E-state index is 0.0133. The van der Waals surface area contributed by atoms with Crippen molar-refractivity contribution >= 4 is 28.8 Å². The number of esters is 2. The van der Waals surface area contributed by atoms with Crippen LogP contribution in [0.2, 0.25) is 0 Å². The lowest BCUT2D eigenvalue weighted by Gasteiger charge is -2.36. The van der Waals surface area contributed by atoms with Gasteiger partial charge in [-0.3, -0.25) is 9.59 Å². The highest BCUT2D eigenvalue weighted by molar-refractivity contribution is 8.14. The summed E-state index contributed by atoms with van der Waals surface area (Å²) in [4.78, 5) is 38.5. The summed E-state index contributed by atoms with van der Waals surface area (Å²) < 4.78 is 5.32. The Morgan fingerprint density at radius 3 is 2.37 bits per heavy atom. The molecule has 1 saturated carbocycles. The van der Waals surface area contributed by atoms with Gasteiger partial charge in [-0.05, 0) is 50.5 Å². The van der Waals surface area contributed by atoms with E-state index in [1.54, 1.807) is 0 Å². The van der Waals surface area contributed by atoms with E-state index in [1.165, 1.54) is 11.8 Å². The predicted octanol–water partition coefficient (Wildman–Crippen LogP) is 4.75. The van der Waals surface area contributed by atoms with Crippen molar-refractivity contribution in [3.05, 3.63) is 35.9 Å². The van der Waals surface area contributed by atoms with Crippen molar-refractivity contribution in [1.82, 2.24) is 5.32 Å². The topological polar surface area (TPSA) is 72.5 Å². The summed E-state index contributed by atoms with van der Waals surface area (Å²) in [6.45, 7) is 5.08. The summed E-state index contributed by atoms with van der Waals surface area (Å²) >= 11 is 1.28. The van der Waals surface area contributed by atoms with Crippen LogP contribution in [0, 0.1) is 11.3 Å². The molecule has 0 aromatic heterocycles. The molecule has 164 valence electrons. The first kappa shape index (κ1) is 23.0. The Labute approximate surface area is 183 Å². The van der Waals surface area contributed by atoms with Gasteiger partial charge in [-0.15, -0.1) is 0 Å². The van der Waals surface area contributed by atoms with Gasteiger partial charge in [0.05, 0.1) is 5.92 Å². The smallest absolute Gasteiger partial charge is 0.330 e. The summed E-state index contributed by atoms with van der Waals surface area (Å²) in [6.07, 6.45) is 7.14. The number of nitrogens with one attached hydrogen (secondary N) is 1. The Bertz CT molecular complexity index is 739. The minimum atomic E-state index is -0.473. The lowest BCUT2D eigenvalue weighted by molar-refractivity contribution is -0.163. The Hall–Kier alpha value is -1.66. The molecule has 1 aliphatic heterocycles. The highest BCUT2D eigenvalue weighted by Gasteiger charge is 2.52. The van der Waals surface area contributed by atoms with Gasteiger partial charge in [0, 0.05) is 10.8 Å². The van der Waals surface area contributed by atoms with Crippen LogP contribution in [0.15, 0.2) is 30.3 Å². The van der Waals surface area contributed by atoms with Gasteiger partial charge in [-0.2, -0.15) is 0 Å². The summed E-state index contributed by atoms with van der Waals surface area (Å²) in [7, 11) is 0. The van der Waals surface area contributed by atoms with E-state index in [0.717, 1.165) is 45.1 Å². The maximum atomic E-state index is 13.0. The van der Waals surface area contributed by atoms with Crippen LogP contribution in [0.5, 0.6) is 0 Å². The Morgan fingerprint density at radius 2 is 1.77 bits per heavy atom. The minimum Gasteiger partial charge on any atom is -0.392 e. The molecule has 3 rings (SSSR count). The Morgan fingerprint density at radius 1 is 1.07 bits per heavy atom. The standard InChI is InChI=1S/C24H33NO4S/c1-3-13-24(14-4-2)15-12-18(21(26)29-22(27)19-11-8-16-25-19)20(24)30-23(28)17-9-6-5-7-10-17/h5-7,9-10,18-20,25H,3-4,8,11-16H2,1-2H3/t18?,19-,20?/m0/s1. The summed E-state index contributed by atoms with van der Waals surface area (Å²) in [5.41, 5.74) is 0.575. The average molecular weight is 432 g/mol. The molecule has 5 nitrogen and oxygen atoms in total. The van der Waals surface area contributed by atoms with Crippen LogP contribution >= 0.6 is 11.8 Å². The maximum Gasteiger partial charge on any atom is 0.330 e. The third-order valence-corrected chi connectivity index (χ3v) is 8.04. The molecule has 2 unspecified atom stereocenters. The van der Waals surface area contributed by atoms with Crippen LogP contribution in [0.4, 0.5) is 0 Å². The van der Waals surface area contributed by atoms with E-state index in [1.807, 2.05) is 30.3 Å². The molecule has 0 bridgehead atoms. The van der Waals surface area contributed by atoms with Crippen molar-refractivity contribution in [2.24, 2.45) is 11.3 Å². The van der Waals surface area contributed by atoms with Crippen LogP contribution in [0.1, 0.15) is 75.6 Å². The summed E-state index contributed by atoms with van der Waals surface area (Å²) in [5.74, 6) is -1.36. The number of hydrogen-bond donors (Lipinski definition) is 1. The first-order valence-electron chi connectivity index (χ1n) is 11.3. The van der Waals surface area contributed by atoms with Gasteiger partial charge in [0.15, 0.2) is 0 Å². The fraction of sp³-hybridized carbons (Fsp3) is 0.625. The third-order valence-electron chi connectivity index (χ3n) is 6.51. The largest absolute Gasteiger partial charge is 0.392 e. The molecule has 1 saturated heterocycles. The average Bonchev–Trinajstić information content (AvgIpc) is 3.39. The van der Waals surface area contributed by atoms with Gasteiger partial charge in [0.2, 0.25) is 5.12 Å². The van der Waals surface area contributed by atoms with Crippen molar-refractivity contribution in [3.8, 4) is 0 Å².